The van der Waals surface area contributed by atoms with E-state index in [1.54, 1.807) is 43.3 Å². The van der Waals surface area contributed by atoms with E-state index in [1.165, 1.54) is 13.2 Å². The van der Waals surface area contributed by atoms with E-state index < -0.39 is 17.2 Å². The average Bonchev–Trinajstić information content (AvgIpc) is 2.65. The number of amides is 1. The number of nitrogens with zero attached hydrogens (tertiary/aromatic N) is 1. The molecule has 0 radical (unpaired) electrons. The van der Waals surface area contributed by atoms with Crippen molar-refractivity contribution >= 4 is 23.2 Å². The van der Waals surface area contributed by atoms with E-state index in [-0.39, 0.29) is 11.3 Å². The van der Waals surface area contributed by atoms with Crippen molar-refractivity contribution < 1.29 is 9.53 Å². The highest BCUT2D eigenvalue weighted by molar-refractivity contribution is 6.31. The summed E-state index contributed by atoms with van der Waals surface area (Å²) < 4.78 is 5.99. The van der Waals surface area contributed by atoms with Gasteiger partial charge in [0.15, 0.2) is 0 Å². The van der Waals surface area contributed by atoms with Gasteiger partial charge in [0.25, 0.3) is 11.5 Å². The van der Waals surface area contributed by atoms with Crippen LogP contribution in [0.4, 0.5) is 5.69 Å². The van der Waals surface area contributed by atoms with Crippen LogP contribution in [0, 0.1) is 6.92 Å². The van der Waals surface area contributed by atoms with Gasteiger partial charge in [0.1, 0.15) is 11.3 Å². The predicted molar refractivity (Wildman–Crippen MR) is 103 cm³/mol. The molecule has 8 heteroatoms. The van der Waals surface area contributed by atoms with Gasteiger partial charge >= 0.3 is 5.69 Å². The lowest BCUT2D eigenvalue weighted by atomic mass is 10.2. The van der Waals surface area contributed by atoms with Gasteiger partial charge < -0.3 is 15.0 Å². The molecule has 0 saturated heterocycles. The molecule has 0 aliphatic carbocycles. The summed E-state index contributed by atoms with van der Waals surface area (Å²) in [6, 6.07) is 11.5. The Labute approximate surface area is 159 Å². The molecule has 0 fully saturated rings. The molecular weight excluding hydrogens is 370 g/mol. The number of aromatic amines is 1. The van der Waals surface area contributed by atoms with Crippen molar-refractivity contribution in [3.8, 4) is 11.4 Å². The van der Waals surface area contributed by atoms with E-state index in [0.29, 0.717) is 22.0 Å². The summed E-state index contributed by atoms with van der Waals surface area (Å²) >= 11 is 6.05. The van der Waals surface area contributed by atoms with Crippen molar-refractivity contribution in [3.05, 3.63) is 85.6 Å². The van der Waals surface area contributed by atoms with Gasteiger partial charge in [-0.1, -0.05) is 23.7 Å². The summed E-state index contributed by atoms with van der Waals surface area (Å²) in [5.74, 6) is -0.179. The van der Waals surface area contributed by atoms with E-state index in [4.69, 9.17) is 16.3 Å². The van der Waals surface area contributed by atoms with Crippen molar-refractivity contribution in [2.75, 3.05) is 12.4 Å². The highest BCUT2D eigenvalue weighted by Crippen LogP contribution is 2.23. The molecule has 7 nitrogen and oxygen atoms in total. The van der Waals surface area contributed by atoms with Crippen LogP contribution in [0.3, 0.4) is 0 Å². The Morgan fingerprint density at radius 2 is 1.93 bits per heavy atom. The van der Waals surface area contributed by atoms with Gasteiger partial charge in [0.05, 0.1) is 12.8 Å². The lowest BCUT2D eigenvalue weighted by molar-refractivity contribution is 0.102. The fraction of sp³-hybridized carbons (Fsp3) is 0.105. The number of carbonyl (C=O) groups excluding carboxylic acids is 1. The zero-order valence-electron chi connectivity index (χ0n) is 14.6. The minimum Gasteiger partial charge on any atom is -0.497 e. The summed E-state index contributed by atoms with van der Waals surface area (Å²) in [7, 11) is 1.48. The third-order valence-corrected chi connectivity index (χ3v) is 4.46. The van der Waals surface area contributed by atoms with Gasteiger partial charge in [-0.3, -0.25) is 9.59 Å². The number of H-pyrrole nitrogens is 1. The molecule has 138 valence electrons. The number of ether oxygens (including phenoxy) is 1. The van der Waals surface area contributed by atoms with Crippen LogP contribution in [0.25, 0.3) is 5.69 Å². The molecule has 0 spiro atoms. The molecule has 0 aliphatic rings. The van der Waals surface area contributed by atoms with E-state index in [0.717, 1.165) is 10.8 Å². The lowest BCUT2D eigenvalue weighted by Gasteiger charge is -2.11. The van der Waals surface area contributed by atoms with E-state index in [1.807, 2.05) is 0 Å². The van der Waals surface area contributed by atoms with Crippen molar-refractivity contribution in [2.24, 2.45) is 0 Å². The van der Waals surface area contributed by atoms with Crippen LogP contribution in [0.2, 0.25) is 5.02 Å². The van der Waals surface area contributed by atoms with Crippen molar-refractivity contribution in [1.29, 1.82) is 0 Å². The Hall–Kier alpha value is -3.32. The second kappa shape index (κ2) is 7.51. The molecule has 3 rings (SSSR count). The van der Waals surface area contributed by atoms with Gasteiger partial charge in [-0.05, 0) is 36.8 Å². The monoisotopic (exact) mass is 385 g/mol. The third-order valence-electron chi connectivity index (χ3n) is 4.05. The molecule has 27 heavy (non-hydrogen) atoms. The predicted octanol–water partition coefficient (Wildman–Crippen LogP) is 2.75. The molecular formula is C19H16ClN3O4. The van der Waals surface area contributed by atoms with Crippen LogP contribution in [0.5, 0.6) is 5.75 Å². The largest absolute Gasteiger partial charge is 0.497 e. The van der Waals surface area contributed by atoms with Crippen LogP contribution < -0.4 is 21.3 Å². The summed E-state index contributed by atoms with van der Waals surface area (Å²) in [5.41, 5.74) is -0.185. The van der Waals surface area contributed by atoms with E-state index >= 15 is 0 Å². The van der Waals surface area contributed by atoms with Crippen LogP contribution in [0.1, 0.15) is 15.9 Å². The number of aromatic nitrogens is 2. The van der Waals surface area contributed by atoms with Crippen molar-refractivity contribution in [3.63, 3.8) is 0 Å². The maximum Gasteiger partial charge on any atom is 0.333 e. The van der Waals surface area contributed by atoms with Crippen LogP contribution >= 0.6 is 11.6 Å². The minimum atomic E-state index is -0.746. The Bertz CT molecular complexity index is 1130. The van der Waals surface area contributed by atoms with Gasteiger partial charge in [0.2, 0.25) is 0 Å². The quantitative estimate of drug-likeness (QED) is 0.722. The standard InChI is InChI=1S/C19H16ClN3O4/c1-11-15(20)7-4-8-16(11)22-17(24)14-10-21-19(26)23(18(14)25)12-5-3-6-13(9-12)27-2/h3-10H,1-2H3,(H,21,26)(H,22,24). The maximum atomic E-state index is 12.8. The zero-order valence-corrected chi connectivity index (χ0v) is 15.3. The van der Waals surface area contributed by atoms with Crippen molar-refractivity contribution in [2.45, 2.75) is 6.92 Å². The zero-order chi connectivity index (χ0) is 19.6. The summed E-state index contributed by atoms with van der Waals surface area (Å²) in [6.07, 6.45) is 1.09. The fourth-order valence-electron chi connectivity index (χ4n) is 2.55. The maximum absolute atomic E-state index is 12.8. The van der Waals surface area contributed by atoms with Gasteiger partial charge in [0, 0.05) is 23.0 Å². The van der Waals surface area contributed by atoms with Gasteiger partial charge in [-0.2, -0.15) is 0 Å². The molecule has 0 atom stereocenters. The highest BCUT2D eigenvalue weighted by Gasteiger charge is 2.17. The van der Waals surface area contributed by atoms with Crippen LogP contribution in [0.15, 0.2) is 58.3 Å². The smallest absolute Gasteiger partial charge is 0.333 e. The summed E-state index contributed by atoms with van der Waals surface area (Å²) in [6.45, 7) is 1.75. The van der Waals surface area contributed by atoms with Gasteiger partial charge in [-0.15, -0.1) is 0 Å². The van der Waals surface area contributed by atoms with Gasteiger partial charge in [-0.25, -0.2) is 9.36 Å². The molecule has 1 amide bonds. The molecule has 0 aliphatic heterocycles. The number of rotatable bonds is 4. The SMILES string of the molecule is COc1cccc(-n2c(=O)[nH]cc(C(=O)Nc3cccc(Cl)c3C)c2=O)c1. The number of halogens is 1. The second-order valence-corrected chi connectivity index (χ2v) is 6.12. The number of methoxy groups -OCH3 is 1. The first-order chi connectivity index (χ1) is 12.9. The number of carbonyl (C=O) groups is 1. The Morgan fingerprint density at radius 3 is 2.67 bits per heavy atom. The number of nitrogens with one attached hydrogen (secondary N) is 2. The molecule has 0 saturated carbocycles. The molecule has 0 unspecified atom stereocenters. The number of benzene rings is 2. The lowest BCUT2D eigenvalue weighted by Crippen LogP contribution is -2.38. The van der Waals surface area contributed by atoms with E-state index in [2.05, 4.69) is 10.3 Å². The first-order valence-corrected chi connectivity index (χ1v) is 8.36. The molecule has 0 bridgehead atoms. The summed E-state index contributed by atoms with van der Waals surface area (Å²) in [5, 5.41) is 3.13. The number of anilines is 1. The Morgan fingerprint density at radius 1 is 1.19 bits per heavy atom. The molecule has 2 N–H and O–H groups in total. The molecule has 2 aromatic carbocycles. The van der Waals surface area contributed by atoms with Crippen LogP contribution in [-0.2, 0) is 0 Å². The molecule has 1 heterocycles. The molecule has 3 aromatic rings. The fourth-order valence-corrected chi connectivity index (χ4v) is 2.73. The Balaban J connectivity index is 2.05. The first kappa shape index (κ1) is 18.5. The van der Waals surface area contributed by atoms with Crippen molar-refractivity contribution in [1.82, 2.24) is 9.55 Å². The molecule has 1 aromatic heterocycles. The van der Waals surface area contributed by atoms with E-state index in [9.17, 15) is 14.4 Å². The third kappa shape index (κ3) is 3.63. The second-order valence-electron chi connectivity index (χ2n) is 5.72. The number of hydrogen-bond acceptors (Lipinski definition) is 4. The summed E-state index contributed by atoms with van der Waals surface area (Å²) in [4.78, 5) is 40.0. The van der Waals surface area contributed by atoms with Crippen LogP contribution in [-0.4, -0.2) is 22.6 Å². The topological polar surface area (TPSA) is 93.2 Å². The Kier molecular flexibility index (Phi) is 5.14. The first-order valence-electron chi connectivity index (χ1n) is 7.98. The number of hydrogen-bond donors (Lipinski definition) is 2. The minimum absolute atomic E-state index is 0.211. The normalized spacial score (nSPS) is 10.5. The highest BCUT2D eigenvalue weighted by atomic mass is 35.5. The average molecular weight is 386 g/mol.